The number of hydrogen-bond donors (Lipinski definition) is 1. The van der Waals surface area contributed by atoms with Gasteiger partial charge in [0.25, 0.3) is 5.91 Å². The van der Waals surface area contributed by atoms with Gasteiger partial charge in [0, 0.05) is 18.7 Å². The van der Waals surface area contributed by atoms with Crippen molar-refractivity contribution in [3.63, 3.8) is 0 Å². The number of likely N-dealkylation sites (tertiary alicyclic amines) is 1. The van der Waals surface area contributed by atoms with E-state index in [9.17, 15) is 14.4 Å². The van der Waals surface area contributed by atoms with Crippen molar-refractivity contribution in [2.75, 3.05) is 13.1 Å². The topological polar surface area (TPSA) is 79.0 Å². The summed E-state index contributed by atoms with van der Waals surface area (Å²) < 4.78 is 5.43. The third-order valence-corrected chi connectivity index (χ3v) is 5.14. The van der Waals surface area contributed by atoms with Gasteiger partial charge in [-0.1, -0.05) is 5.57 Å². The van der Waals surface area contributed by atoms with Crippen LogP contribution in [0.1, 0.15) is 59.8 Å². The molecule has 1 atom stereocenters. The maximum Gasteiger partial charge on any atom is 0.410 e. The Balaban J connectivity index is 1.78. The molecule has 0 bridgehead atoms. The highest BCUT2D eigenvalue weighted by molar-refractivity contribution is 5.98. The van der Waals surface area contributed by atoms with Crippen LogP contribution in [0.2, 0.25) is 0 Å². The Morgan fingerprint density at radius 2 is 1.96 bits per heavy atom. The molecule has 0 saturated carbocycles. The molecule has 1 aliphatic carbocycles. The van der Waals surface area contributed by atoms with Crippen molar-refractivity contribution >= 4 is 17.9 Å². The quantitative estimate of drug-likeness (QED) is 0.786. The van der Waals surface area contributed by atoms with Gasteiger partial charge in [-0.25, -0.2) is 9.80 Å². The fourth-order valence-corrected chi connectivity index (χ4v) is 3.91. The Hall–Kier alpha value is -2.05. The molecule has 1 N–H and O–H groups in total. The zero-order valence-electron chi connectivity index (χ0n) is 15.5. The number of nitrogens with one attached hydrogen (secondary N) is 1. The maximum atomic E-state index is 13.0. The molecule has 0 aromatic heterocycles. The van der Waals surface area contributed by atoms with E-state index < -0.39 is 17.2 Å². The van der Waals surface area contributed by atoms with Crippen LogP contribution in [0.15, 0.2) is 11.1 Å². The summed E-state index contributed by atoms with van der Waals surface area (Å²) in [7, 11) is 0. The number of allylic oxidation sites excluding steroid dienone is 1. The Bertz CT molecular complexity index is 649. The first-order valence-corrected chi connectivity index (χ1v) is 8.92. The molecule has 25 heavy (non-hydrogen) atoms. The number of carbonyl (C=O) groups is 3. The Kier molecular flexibility index (Phi) is 4.29. The van der Waals surface area contributed by atoms with Gasteiger partial charge in [-0.05, 0) is 53.4 Å². The predicted molar refractivity (Wildman–Crippen MR) is 91.3 cm³/mol. The summed E-state index contributed by atoms with van der Waals surface area (Å²) in [4.78, 5) is 39.0. The minimum absolute atomic E-state index is 0.119. The van der Waals surface area contributed by atoms with Crippen molar-refractivity contribution in [2.24, 2.45) is 0 Å². The largest absolute Gasteiger partial charge is 0.444 e. The molecule has 3 rings (SSSR count). The van der Waals surface area contributed by atoms with E-state index in [4.69, 9.17) is 4.74 Å². The molecule has 2 heterocycles. The van der Waals surface area contributed by atoms with E-state index in [0.29, 0.717) is 19.5 Å². The number of rotatable bonds is 1. The normalized spacial score (nSPS) is 26.6. The zero-order chi connectivity index (χ0) is 18.4. The average Bonchev–Trinajstić information content (AvgIpc) is 3.17. The van der Waals surface area contributed by atoms with Crippen molar-refractivity contribution in [3.05, 3.63) is 11.1 Å². The molecule has 1 spiro atoms. The summed E-state index contributed by atoms with van der Waals surface area (Å²) in [5, 5.41) is 1.49. The molecule has 0 radical (unpaired) electrons. The molecule has 7 nitrogen and oxygen atoms in total. The SMILES string of the molecule is CC1=C(C(=O)N2NC(=O)CC23CCN(C(=O)OC(C)(C)C)C3)CCC1. The van der Waals surface area contributed by atoms with Crippen LogP contribution in [0.25, 0.3) is 0 Å². The van der Waals surface area contributed by atoms with E-state index in [1.54, 1.807) is 4.90 Å². The van der Waals surface area contributed by atoms with Gasteiger partial charge in [-0.15, -0.1) is 0 Å². The Morgan fingerprint density at radius 3 is 2.56 bits per heavy atom. The highest BCUT2D eigenvalue weighted by Crippen LogP contribution is 2.37. The van der Waals surface area contributed by atoms with E-state index in [1.165, 1.54) is 5.01 Å². The monoisotopic (exact) mass is 349 g/mol. The standard InChI is InChI=1S/C18H27N3O4/c1-12-6-5-7-13(12)15(23)21-18(10-14(22)19-21)8-9-20(11-18)16(24)25-17(2,3)4/h5-11H2,1-4H3,(H,19,22). The second kappa shape index (κ2) is 6.04. The molecule has 0 aromatic rings. The van der Waals surface area contributed by atoms with E-state index in [2.05, 4.69) is 5.43 Å². The molecule has 3 amide bonds. The summed E-state index contributed by atoms with van der Waals surface area (Å²) in [6.45, 7) is 8.24. The molecule has 7 heteroatoms. The summed E-state index contributed by atoms with van der Waals surface area (Å²) in [5.41, 5.74) is 3.39. The van der Waals surface area contributed by atoms with Crippen molar-refractivity contribution in [2.45, 2.75) is 70.9 Å². The first kappa shape index (κ1) is 17.8. The fourth-order valence-electron chi connectivity index (χ4n) is 3.91. The van der Waals surface area contributed by atoms with Crippen LogP contribution in [0, 0.1) is 0 Å². The molecular formula is C18H27N3O4. The van der Waals surface area contributed by atoms with E-state index in [0.717, 1.165) is 30.4 Å². The minimum Gasteiger partial charge on any atom is -0.444 e. The smallest absolute Gasteiger partial charge is 0.410 e. The van der Waals surface area contributed by atoms with Gasteiger partial charge in [0.15, 0.2) is 0 Å². The van der Waals surface area contributed by atoms with Crippen molar-refractivity contribution in [3.8, 4) is 0 Å². The number of hydrogen-bond acceptors (Lipinski definition) is 4. The van der Waals surface area contributed by atoms with Gasteiger partial charge in [0.1, 0.15) is 5.60 Å². The van der Waals surface area contributed by atoms with Crippen LogP contribution in [-0.2, 0) is 14.3 Å². The lowest BCUT2D eigenvalue weighted by Gasteiger charge is -2.33. The number of carbonyl (C=O) groups excluding carboxylic acids is 3. The number of amides is 3. The Labute approximate surface area is 148 Å². The highest BCUT2D eigenvalue weighted by atomic mass is 16.6. The fraction of sp³-hybridized carbons (Fsp3) is 0.722. The lowest BCUT2D eigenvalue weighted by atomic mass is 9.94. The van der Waals surface area contributed by atoms with Crippen molar-refractivity contribution < 1.29 is 19.1 Å². The highest BCUT2D eigenvalue weighted by Gasteiger charge is 2.53. The van der Waals surface area contributed by atoms with Gasteiger partial charge in [-0.3, -0.25) is 15.0 Å². The van der Waals surface area contributed by atoms with Gasteiger partial charge in [-0.2, -0.15) is 0 Å². The lowest BCUT2D eigenvalue weighted by Crippen LogP contribution is -2.54. The summed E-state index contributed by atoms with van der Waals surface area (Å²) in [6, 6.07) is 0. The number of hydrazine groups is 1. The van der Waals surface area contributed by atoms with Crippen LogP contribution in [0.3, 0.4) is 0 Å². The third kappa shape index (κ3) is 3.37. The average molecular weight is 349 g/mol. The zero-order valence-corrected chi connectivity index (χ0v) is 15.5. The van der Waals surface area contributed by atoms with E-state index in [-0.39, 0.29) is 18.2 Å². The van der Waals surface area contributed by atoms with Gasteiger partial charge >= 0.3 is 6.09 Å². The molecule has 2 fully saturated rings. The molecule has 2 aliphatic heterocycles. The Morgan fingerprint density at radius 1 is 1.24 bits per heavy atom. The number of nitrogens with zero attached hydrogens (tertiary/aromatic N) is 2. The first-order chi connectivity index (χ1) is 11.6. The molecule has 1 unspecified atom stereocenters. The summed E-state index contributed by atoms with van der Waals surface area (Å²) in [6.07, 6.45) is 3.06. The molecule has 0 aromatic carbocycles. The van der Waals surface area contributed by atoms with Crippen molar-refractivity contribution in [1.29, 1.82) is 0 Å². The minimum atomic E-state index is -0.666. The first-order valence-electron chi connectivity index (χ1n) is 8.92. The lowest BCUT2D eigenvalue weighted by molar-refractivity contribution is -0.137. The third-order valence-electron chi connectivity index (χ3n) is 5.14. The van der Waals surface area contributed by atoms with Crippen LogP contribution in [0.5, 0.6) is 0 Å². The second-order valence-corrected chi connectivity index (χ2v) is 8.34. The van der Waals surface area contributed by atoms with Crippen LogP contribution >= 0.6 is 0 Å². The van der Waals surface area contributed by atoms with Crippen LogP contribution in [-0.4, -0.2) is 52.0 Å². The van der Waals surface area contributed by atoms with Crippen LogP contribution in [0.4, 0.5) is 4.79 Å². The maximum absolute atomic E-state index is 13.0. The summed E-state index contributed by atoms with van der Waals surface area (Å²) >= 11 is 0. The molecular weight excluding hydrogens is 322 g/mol. The van der Waals surface area contributed by atoms with E-state index in [1.807, 2.05) is 27.7 Å². The predicted octanol–water partition coefficient (Wildman–Crippen LogP) is 2.13. The molecule has 138 valence electrons. The van der Waals surface area contributed by atoms with Gasteiger partial charge in [0.05, 0.1) is 12.0 Å². The van der Waals surface area contributed by atoms with E-state index >= 15 is 0 Å². The van der Waals surface area contributed by atoms with Crippen LogP contribution < -0.4 is 5.43 Å². The second-order valence-electron chi connectivity index (χ2n) is 8.34. The summed E-state index contributed by atoms with van der Waals surface area (Å²) in [5.74, 6) is -0.289. The number of ether oxygens (including phenoxy) is 1. The van der Waals surface area contributed by atoms with Gasteiger partial charge in [0.2, 0.25) is 5.91 Å². The van der Waals surface area contributed by atoms with Crippen molar-refractivity contribution in [1.82, 2.24) is 15.3 Å². The molecule has 2 saturated heterocycles. The van der Waals surface area contributed by atoms with Gasteiger partial charge < -0.3 is 9.64 Å². The molecule has 3 aliphatic rings.